The van der Waals surface area contributed by atoms with Gasteiger partial charge in [0.2, 0.25) is 5.75 Å². The summed E-state index contributed by atoms with van der Waals surface area (Å²) in [4.78, 5) is 12.5. The number of aromatic nitrogens is 1. The summed E-state index contributed by atoms with van der Waals surface area (Å²) in [5.41, 5.74) is 2.09. The number of carbonyl (C=O) groups is 1. The molecule has 1 amide bonds. The number of hydrogen-bond donors (Lipinski definition) is 1. The third-order valence-corrected chi connectivity index (χ3v) is 3.95. The smallest absolute Gasteiger partial charge is 0.255 e. The van der Waals surface area contributed by atoms with Crippen molar-refractivity contribution >= 4 is 11.6 Å². The zero-order chi connectivity index (χ0) is 18.5. The number of benzene rings is 2. The lowest BCUT2D eigenvalue weighted by Gasteiger charge is -2.14. The number of anilines is 1. The molecular formula is C20H20N2O4. The summed E-state index contributed by atoms with van der Waals surface area (Å²) in [6.07, 6.45) is 3.90. The average molecular weight is 352 g/mol. The second kappa shape index (κ2) is 7.65. The predicted molar refractivity (Wildman–Crippen MR) is 99.8 cm³/mol. The van der Waals surface area contributed by atoms with Crippen molar-refractivity contribution in [2.75, 3.05) is 26.6 Å². The lowest BCUT2D eigenvalue weighted by Crippen LogP contribution is -2.12. The quantitative estimate of drug-likeness (QED) is 0.734. The largest absolute Gasteiger partial charge is 0.493 e. The molecule has 1 N–H and O–H groups in total. The van der Waals surface area contributed by atoms with E-state index in [2.05, 4.69) is 5.32 Å². The van der Waals surface area contributed by atoms with Crippen LogP contribution in [0.1, 0.15) is 10.4 Å². The molecule has 26 heavy (non-hydrogen) atoms. The van der Waals surface area contributed by atoms with Gasteiger partial charge in [-0.2, -0.15) is 0 Å². The van der Waals surface area contributed by atoms with Crippen molar-refractivity contribution in [2.24, 2.45) is 0 Å². The third kappa shape index (κ3) is 3.49. The van der Waals surface area contributed by atoms with Crippen molar-refractivity contribution in [1.82, 2.24) is 4.57 Å². The Labute approximate surface area is 151 Å². The van der Waals surface area contributed by atoms with E-state index in [9.17, 15) is 4.79 Å². The Hall–Kier alpha value is -3.41. The van der Waals surface area contributed by atoms with Gasteiger partial charge in [0.15, 0.2) is 11.5 Å². The minimum absolute atomic E-state index is 0.224. The molecule has 0 saturated carbocycles. The molecule has 134 valence electrons. The van der Waals surface area contributed by atoms with E-state index in [0.29, 0.717) is 28.5 Å². The van der Waals surface area contributed by atoms with E-state index < -0.39 is 0 Å². The Bertz CT molecular complexity index is 862. The van der Waals surface area contributed by atoms with Crippen LogP contribution in [0, 0.1) is 0 Å². The molecule has 0 aliphatic heterocycles. The van der Waals surface area contributed by atoms with E-state index in [0.717, 1.165) is 5.69 Å². The van der Waals surface area contributed by atoms with Gasteiger partial charge in [-0.1, -0.05) is 0 Å². The molecule has 0 aliphatic rings. The third-order valence-electron chi connectivity index (χ3n) is 3.95. The Morgan fingerprint density at radius 1 is 0.885 bits per heavy atom. The Morgan fingerprint density at radius 2 is 1.46 bits per heavy atom. The highest BCUT2D eigenvalue weighted by atomic mass is 16.5. The SMILES string of the molecule is COc1cc(NC(=O)c2ccc(-n3cccc3)cc2)cc(OC)c1OC. The maximum atomic E-state index is 12.5. The molecule has 1 heterocycles. The zero-order valence-electron chi connectivity index (χ0n) is 14.9. The molecule has 6 nitrogen and oxygen atoms in total. The summed E-state index contributed by atoms with van der Waals surface area (Å²) in [5.74, 6) is 1.21. The van der Waals surface area contributed by atoms with Gasteiger partial charge in [0.1, 0.15) is 0 Å². The molecule has 0 fully saturated rings. The first-order valence-electron chi connectivity index (χ1n) is 8.01. The molecule has 0 radical (unpaired) electrons. The molecule has 2 aromatic carbocycles. The maximum Gasteiger partial charge on any atom is 0.255 e. The van der Waals surface area contributed by atoms with Crippen LogP contribution in [0.4, 0.5) is 5.69 Å². The molecular weight excluding hydrogens is 332 g/mol. The molecule has 6 heteroatoms. The highest BCUT2D eigenvalue weighted by Crippen LogP contribution is 2.40. The number of nitrogens with one attached hydrogen (secondary N) is 1. The van der Waals surface area contributed by atoms with Crippen LogP contribution in [0.15, 0.2) is 60.9 Å². The fourth-order valence-corrected chi connectivity index (χ4v) is 2.65. The second-order valence-corrected chi connectivity index (χ2v) is 5.51. The van der Waals surface area contributed by atoms with Crippen molar-refractivity contribution in [3.8, 4) is 22.9 Å². The van der Waals surface area contributed by atoms with Crippen molar-refractivity contribution < 1.29 is 19.0 Å². The summed E-state index contributed by atoms with van der Waals surface area (Å²) < 4.78 is 17.9. The number of ether oxygens (including phenoxy) is 3. The summed E-state index contributed by atoms with van der Waals surface area (Å²) in [6, 6.07) is 14.6. The summed E-state index contributed by atoms with van der Waals surface area (Å²) in [5, 5.41) is 2.85. The van der Waals surface area contributed by atoms with Gasteiger partial charge in [-0.25, -0.2) is 0 Å². The van der Waals surface area contributed by atoms with Crippen LogP contribution in [0.2, 0.25) is 0 Å². The zero-order valence-corrected chi connectivity index (χ0v) is 14.9. The topological polar surface area (TPSA) is 61.7 Å². The van der Waals surface area contributed by atoms with E-state index in [-0.39, 0.29) is 5.91 Å². The Balaban J connectivity index is 1.81. The van der Waals surface area contributed by atoms with Gasteiger partial charge >= 0.3 is 0 Å². The number of amides is 1. The predicted octanol–water partition coefficient (Wildman–Crippen LogP) is 3.76. The van der Waals surface area contributed by atoms with Crippen LogP contribution in [0.25, 0.3) is 5.69 Å². The Morgan fingerprint density at radius 3 is 1.96 bits per heavy atom. The van der Waals surface area contributed by atoms with Crippen LogP contribution in [-0.2, 0) is 0 Å². The lowest BCUT2D eigenvalue weighted by atomic mass is 10.1. The van der Waals surface area contributed by atoms with Crippen LogP contribution in [0.5, 0.6) is 17.2 Å². The van der Waals surface area contributed by atoms with Gasteiger partial charge in [0.05, 0.1) is 21.3 Å². The van der Waals surface area contributed by atoms with Crippen molar-refractivity contribution in [1.29, 1.82) is 0 Å². The van der Waals surface area contributed by atoms with Crippen molar-refractivity contribution in [3.63, 3.8) is 0 Å². The van der Waals surface area contributed by atoms with Gasteiger partial charge in [0.25, 0.3) is 5.91 Å². The number of carbonyl (C=O) groups excluding carboxylic acids is 1. The lowest BCUT2D eigenvalue weighted by molar-refractivity contribution is 0.102. The molecule has 0 aliphatic carbocycles. The van der Waals surface area contributed by atoms with Gasteiger partial charge in [-0.3, -0.25) is 4.79 Å². The number of methoxy groups -OCH3 is 3. The first-order chi connectivity index (χ1) is 12.7. The van der Waals surface area contributed by atoms with Crippen LogP contribution in [0.3, 0.4) is 0 Å². The molecule has 0 spiro atoms. The normalized spacial score (nSPS) is 10.3. The van der Waals surface area contributed by atoms with E-state index in [1.165, 1.54) is 21.3 Å². The molecule has 1 aromatic heterocycles. The standard InChI is InChI=1S/C20H20N2O4/c1-24-17-12-15(13-18(25-2)19(17)26-3)21-20(23)14-6-8-16(9-7-14)22-10-4-5-11-22/h4-13H,1-3H3,(H,21,23). The van der Waals surface area contributed by atoms with Gasteiger partial charge in [0, 0.05) is 41.5 Å². The number of rotatable bonds is 6. The second-order valence-electron chi connectivity index (χ2n) is 5.51. The molecule has 0 unspecified atom stereocenters. The highest BCUT2D eigenvalue weighted by Gasteiger charge is 2.15. The fraction of sp³-hybridized carbons (Fsp3) is 0.150. The Kier molecular flexibility index (Phi) is 5.12. The highest BCUT2D eigenvalue weighted by molar-refractivity contribution is 6.04. The monoisotopic (exact) mass is 352 g/mol. The average Bonchev–Trinajstić information content (AvgIpc) is 3.22. The molecule has 0 saturated heterocycles. The molecule has 0 bridgehead atoms. The van der Waals surface area contributed by atoms with Gasteiger partial charge in [-0.15, -0.1) is 0 Å². The van der Waals surface area contributed by atoms with E-state index in [1.807, 2.05) is 41.2 Å². The van der Waals surface area contributed by atoms with Gasteiger partial charge < -0.3 is 24.1 Å². The van der Waals surface area contributed by atoms with Crippen LogP contribution < -0.4 is 19.5 Å². The van der Waals surface area contributed by atoms with Crippen LogP contribution in [-0.4, -0.2) is 31.8 Å². The number of nitrogens with zero attached hydrogens (tertiary/aromatic N) is 1. The first kappa shape index (κ1) is 17.4. The first-order valence-corrected chi connectivity index (χ1v) is 8.01. The van der Waals surface area contributed by atoms with Crippen LogP contribution >= 0.6 is 0 Å². The number of hydrogen-bond acceptors (Lipinski definition) is 4. The summed E-state index contributed by atoms with van der Waals surface area (Å²) in [6.45, 7) is 0. The van der Waals surface area contributed by atoms with Gasteiger partial charge in [-0.05, 0) is 36.4 Å². The minimum atomic E-state index is -0.224. The minimum Gasteiger partial charge on any atom is -0.493 e. The molecule has 3 rings (SSSR count). The summed E-state index contributed by atoms with van der Waals surface area (Å²) >= 11 is 0. The maximum absolute atomic E-state index is 12.5. The van der Waals surface area contributed by atoms with Crippen molar-refractivity contribution in [2.45, 2.75) is 0 Å². The fourth-order valence-electron chi connectivity index (χ4n) is 2.65. The molecule has 0 atom stereocenters. The van der Waals surface area contributed by atoms with Crippen molar-refractivity contribution in [3.05, 3.63) is 66.5 Å². The molecule has 3 aromatic rings. The summed E-state index contributed by atoms with van der Waals surface area (Å²) in [7, 11) is 4.59. The van der Waals surface area contributed by atoms with E-state index in [1.54, 1.807) is 24.3 Å². The van der Waals surface area contributed by atoms with E-state index >= 15 is 0 Å². The van der Waals surface area contributed by atoms with E-state index in [4.69, 9.17) is 14.2 Å².